The van der Waals surface area contributed by atoms with E-state index in [9.17, 15) is 17.6 Å². The highest BCUT2D eigenvalue weighted by Gasteiger charge is 2.43. The third-order valence-corrected chi connectivity index (χ3v) is 7.49. The van der Waals surface area contributed by atoms with Gasteiger partial charge in [-0.2, -0.15) is 4.31 Å². The Hall–Kier alpha value is -1.47. The lowest BCUT2D eigenvalue weighted by molar-refractivity contribution is -0.135. The van der Waals surface area contributed by atoms with Gasteiger partial charge in [0.1, 0.15) is 5.82 Å². The topological polar surface area (TPSA) is 57.7 Å². The molecule has 0 N–H and O–H groups in total. The second kappa shape index (κ2) is 8.05. The molecule has 1 aliphatic heterocycles. The summed E-state index contributed by atoms with van der Waals surface area (Å²) < 4.78 is 41.6. The van der Waals surface area contributed by atoms with E-state index in [2.05, 4.69) is 0 Å². The van der Waals surface area contributed by atoms with Crippen LogP contribution in [0.1, 0.15) is 44.9 Å². The van der Waals surface area contributed by atoms with Crippen LogP contribution in [0.4, 0.5) is 4.39 Å². The Bertz CT molecular complexity index is 753. The molecular formula is C19H27FN2O3S. The third-order valence-electron chi connectivity index (χ3n) is 5.57. The van der Waals surface area contributed by atoms with Gasteiger partial charge in [0, 0.05) is 26.2 Å². The molecule has 2 aliphatic rings. The van der Waals surface area contributed by atoms with Crippen molar-refractivity contribution in [1.29, 1.82) is 0 Å². The number of carbonyl (C=O) groups is 1. The van der Waals surface area contributed by atoms with Crippen LogP contribution < -0.4 is 0 Å². The van der Waals surface area contributed by atoms with Crippen molar-refractivity contribution in [3.8, 4) is 0 Å². The molecule has 1 saturated heterocycles. The van der Waals surface area contributed by atoms with E-state index in [-0.39, 0.29) is 22.8 Å². The van der Waals surface area contributed by atoms with E-state index in [0.29, 0.717) is 19.4 Å². The first-order valence-electron chi connectivity index (χ1n) is 9.43. The lowest BCUT2D eigenvalue weighted by Gasteiger charge is -2.33. The summed E-state index contributed by atoms with van der Waals surface area (Å²) in [6.07, 6.45) is 5.83. The summed E-state index contributed by atoms with van der Waals surface area (Å²) >= 11 is 0. The minimum atomic E-state index is -3.84. The van der Waals surface area contributed by atoms with Gasteiger partial charge in [0.25, 0.3) is 0 Å². The summed E-state index contributed by atoms with van der Waals surface area (Å²) in [5.41, 5.74) is 0. The number of benzene rings is 1. The lowest BCUT2D eigenvalue weighted by atomic mass is 10.0. The van der Waals surface area contributed by atoms with Gasteiger partial charge in [-0.1, -0.05) is 25.3 Å². The standard InChI is InChI=1S/C19H27FN2O3S/c1-21-12-4-2-3-5-13-22(18-11-7-10-17(18)19(21)23)26(24,25)16-9-6-8-15(20)14-16/h6,8-9,14,17-18H,2-5,7,10-13H2,1H3/t17-,18+/m1/s1. The first-order valence-corrected chi connectivity index (χ1v) is 10.9. The van der Waals surface area contributed by atoms with Crippen molar-refractivity contribution < 1.29 is 17.6 Å². The van der Waals surface area contributed by atoms with Crippen molar-refractivity contribution >= 4 is 15.9 Å². The Morgan fingerprint density at radius 2 is 1.77 bits per heavy atom. The molecule has 1 aliphatic carbocycles. The zero-order valence-electron chi connectivity index (χ0n) is 15.2. The maximum Gasteiger partial charge on any atom is 0.243 e. The molecule has 7 heteroatoms. The van der Waals surface area contributed by atoms with Crippen molar-refractivity contribution in [3.05, 3.63) is 30.1 Å². The Labute approximate surface area is 155 Å². The molecule has 0 radical (unpaired) electrons. The van der Waals surface area contributed by atoms with Gasteiger partial charge in [0.2, 0.25) is 15.9 Å². The number of carbonyl (C=O) groups excluding carboxylic acids is 1. The van der Waals surface area contributed by atoms with Gasteiger partial charge in [0.05, 0.1) is 10.8 Å². The Kier molecular flexibility index (Phi) is 5.97. The molecule has 26 heavy (non-hydrogen) atoms. The number of rotatable bonds is 2. The smallest absolute Gasteiger partial charge is 0.243 e. The molecule has 3 rings (SSSR count). The Morgan fingerprint density at radius 1 is 1.04 bits per heavy atom. The normalized spacial score (nSPS) is 26.4. The predicted molar refractivity (Wildman–Crippen MR) is 97.5 cm³/mol. The SMILES string of the molecule is CN1CCCCCCN(S(=O)(=O)c2cccc(F)c2)[C@H]2CCC[C@H]2C1=O. The van der Waals surface area contributed by atoms with Crippen LogP contribution in [0.2, 0.25) is 0 Å². The number of hydrogen-bond acceptors (Lipinski definition) is 3. The fourth-order valence-electron chi connectivity index (χ4n) is 4.16. The van der Waals surface area contributed by atoms with Crippen LogP contribution in [0, 0.1) is 11.7 Å². The average molecular weight is 383 g/mol. The largest absolute Gasteiger partial charge is 0.345 e. The van der Waals surface area contributed by atoms with Crippen molar-refractivity contribution in [3.63, 3.8) is 0 Å². The van der Waals surface area contributed by atoms with E-state index in [0.717, 1.165) is 44.7 Å². The summed E-state index contributed by atoms with van der Waals surface area (Å²) in [7, 11) is -2.03. The molecular weight excluding hydrogens is 355 g/mol. The van der Waals surface area contributed by atoms with Crippen LogP contribution in [0.5, 0.6) is 0 Å². The van der Waals surface area contributed by atoms with Crippen molar-refractivity contribution in [2.45, 2.75) is 55.9 Å². The quantitative estimate of drug-likeness (QED) is 0.790. The number of halogens is 1. The molecule has 1 aromatic rings. The van der Waals surface area contributed by atoms with Crippen molar-refractivity contribution in [2.24, 2.45) is 5.92 Å². The molecule has 144 valence electrons. The summed E-state index contributed by atoms with van der Waals surface area (Å²) in [4.78, 5) is 14.6. The highest BCUT2D eigenvalue weighted by Crippen LogP contribution is 2.35. The number of sulfonamides is 1. The van der Waals surface area contributed by atoms with Crippen LogP contribution >= 0.6 is 0 Å². The molecule has 0 unspecified atom stereocenters. The van der Waals surface area contributed by atoms with Crippen LogP contribution in [0.15, 0.2) is 29.2 Å². The Balaban J connectivity index is 1.97. The fraction of sp³-hybridized carbons (Fsp3) is 0.632. The van der Waals surface area contributed by atoms with Crippen LogP contribution in [-0.4, -0.2) is 49.7 Å². The monoisotopic (exact) mass is 382 g/mol. The van der Waals surface area contributed by atoms with E-state index in [1.807, 2.05) is 0 Å². The average Bonchev–Trinajstić information content (AvgIpc) is 3.07. The minimum Gasteiger partial charge on any atom is -0.345 e. The molecule has 1 heterocycles. The molecule has 2 fully saturated rings. The molecule has 1 saturated carbocycles. The maximum atomic E-state index is 13.6. The summed E-state index contributed by atoms with van der Waals surface area (Å²) in [5, 5.41) is 0. The van der Waals surface area contributed by atoms with Gasteiger partial charge in [-0.15, -0.1) is 0 Å². The molecule has 0 spiro atoms. The first kappa shape index (κ1) is 19.3. The number of nitrogens with zero attached hydrogens (tertiary/aromatic N) is 2. The second-order valence-corrected chi connectivity index (χ2v) is 9.24. The van der Waals surface area contributed by atoms with Gasteiger partial charge >= 0.3 is 0 Å². The lowest BCUT2D eigenvalue weighted by Crippen LogP contribution is -2.47. The maximum absolute atomic E-state index is 13.6. The fourth-order valence-corrected chi connectivity index (χ4v) is 5.92. The predicted octanol–water partition coefficient (Wildman–Crippen LogP) is 3.02. The zero-order valence-corrected chi connectivity index (χ0v) is 16.0. The van der Waals surface area contributed by atoms with Crippen molar-refractivity contribution in [2.75, 3.05) is 20.1 Å². The van der Waals surface area contributed by atoms with E-state index >= 15 is 0 Å². The molecule has 2 atom stereocenters. The number of fused-ring (bicyclic) bond motifs is 1. The zero-order chi connectivity index (χ0) is 18.7. The summed E-state index contributed by atoms with van der Waals surface area (Å²) in [6.45, 7) is 1.11. The highest BCUT2D eigenvalue weighted by molar-refractivity contribution is 7.89. The van der Waals surface area contributed by atoms with Gasteiger partial charge in [-0.05, 0) is 43.9 Å². The van der Waals surface area contributed by atoms with Crippen LogP contribution in [-0.2, 0) is 14.8 Å². The molecule has 0 aromatic heterocycles. The van der Waals surface area contributed by atoms with E-state index in [1.54, 1.807) is 11.9 Å². The third kappa shape index (κ3) is 3.93. The highest BCUT2D eigenvalue weighted by atomic mass is 32.2. The molecule has 1 aromatic carbocycles. The van der Waals surface area contributed by atoms with Crippen LogP contribution in [0.3, 0.4) is 0 Å². The van der Waals surface area contributed by atoms with Gasteiger partial charge in [0.15, 0.2) is 0 Å². The van der Waals surface area contributed by atoms with E-state index in [4.69, 9.17) is 0 Å². The van der Waals surface area contributed by atoms with Gasteiger partial charge in [-0.3, -0.25) is 4.79 Å². The number of amides is 1. The Morgan fingerprint density at radius 3 is 2.50 bits per heavy atom. The summed E-state index contributed by atoms with van der Waals surface area (Å²) in [6, 6.07) is 4.82. The second-order valence-electron chi connectivity index (χ2n) is 7.35. The summed E-state index contributed by atoms with van der Waals surface area (Å²) in [5.74, 6) is -0.835. The molecule has 1 amide bonds. The van der Waals surface area contributed by atoms with E-state index < -0.39 is 15.8 Å². The van der Waals surface area contributed by atoms with Crippen molar-refractivity contribution in [1.82, 2.24) is 9.21 Å². The van der Waals surface area contributed by atoms with E-state index in [1.165, 1.54) is 22.5 Å². The minimum absolute atomic E-state index is 0.0289. The van der Waals surface area contributed by atoms with Gasteiger partial charge in [-0.25, -0.2) is 12.8 Å². The number of hydrogen-bond donors (Lipinski definition) is 0. The first-order chi connectivity index (χ1) is 12.4. The molecule has 5 nitrogen and oxygen atoms in total. The van der Waals surface area contributed by atoms with Gasteiger partial charge < -0.3 is 4.90 Å². The van der Waals surface area contributed by atoms with Crippen LogP contribution in [0.25, 0.3) is 0 Å². The molecule has 0 bridgehead atoms.